The van der Waals surface area contributed by atoms with Crippen molar-refractivity contribution < 1.29 is 4.42 Å². The van der Waals surface area contributed by atoms with Crippen LogP contribution >= 0.6 is 0 Å². The first-order chi connectivity index (χ1) is 27.2. The number of hydrogen-bond donors (Lipinski definition) is 0. The van der Waals surface area contributed by atoms with Gasteiger partial charge in [0.15, 0.2) is 0 Å². The van der Waals surface area contributed by atoms with Crippen LogP contribution in [-0.2, 0) is 25.7 Å². The number of nitrogens with zero attached hydrogens (tertiary/aromatic N) is 2. The van der Waals surface area contributed by atoms with Crippen LogP contribution in [0.2, 0.25) is 0 Å². The second-order valence-corrected chi connectivity index (χ2v) is 14.4. The fraction of sp³-hybridized carbons (Fsp3) is 0.115. The van der Waals surface area contributed by atoms with Crippen LogP contribution in [0, 0.1) is 0 Å². The van der Waals surface area contributed by atoms with Gasteiger partial charge in [0.2, 0.25) is 0 Å². The van der Waals surface area contributed by atoms with Crippen molar-refractivity contribution in [2.45, 2.75) is 38.5 Å². The Morgan fingerprint density at radius 1 is 0.309 bits per heavy atom. The van der Waals surface area contributed by atoms with Gasteiger partial charge in [-0.3, -0.25) is 0 Å². The molecule has 0 amide bonds. The van der Waals surface area contributed by atoms with Gasteiger partial charge in [-0.05, 0) is 109 Å². The Hall–Kier alpha value is -6.58. The summed E-state index contributed by atoms with van der Waals surface area (Å²) in [5.41, 5.74) is 15.9. The van der Waals surface area contributed by atoms with Gasteiger partial charge in [0.25, 0.3) is 0 Å². The van der Waals surface area contributed by atoms with Crippen molar-refractivity contribution in [3.8, 4) is 45.0 Å². The molecule has 0 saturated heterocycles. The predicted octanol–water partition coefficient (Wildman–Crippen LogP) is 13.4. The minimum absolute atomic E-state index is 0.948. The van der Waals surface area contributed by atoms with Crippen LogP contribution in [-0.4, -0.2) is 9.97 Å². The van der Waals surface area contributed by atoms with E-state index in [0.717, 1.165) is 94.7 Å². The summed E-state index contributed by atoms with van der Waals surface area (Å²) < 4.78 is 6.32. The molecule has 0 unspecified atom stereocenters. The molecule has 9 aromatic rings. The lowest BCUT2D eigenvalue weighted by Crippen LogP contribution is -1.95. The molecule has 0 atom stereocenters. The second kappa shape index (κ2) is 15.8. The van der Waals surface area contributed by atoms with Crippen molar-refractivity contribution in [2.24, 2.45) is 0 Å². The monoisotopic (exact) mass is 710 g/mol. The molecule has 0 N–H and O–H groups in total. The molecule has 0 aliphatic carbocycles. The quantitative estimate of drug-likeness (QED) is 0.127. The van der Waals surface area contributed by atoms with Crippen molar-refractivity contribution in [3.63, 3.8) is 0 Å². The van der Waals surface area contributed by atoms with E-state index in [2.05, 4.69) is 182 Å². The molecular formula is C52H42N2O. The van der Waals surface area contributed by atoms with E-state index in [0.29, 0.717) is 0 Å². The van der Waals surface area contributed by atoms with Gasteiger partial charge < -0.3 is 4.42 Å². The summed E-state index contributed by atoms with van der Waals surface area (Å²) in [5.74, 6) is 0. The van der Waals surface area contributed by atoms with Crippen molar-refractivity contribution in [1.29, 1.82) is 0 Å². The number of pyridine rings is 2. The smallest absolute Gasteiger partial charge is 0.135 e. The first-order valence-electron chi connectivity index (χ1n) is 19.4. The maximum atomic E-state index is 6.32. The van der Waals surface area contributed by atoms with Crippen LogP contribution in [0.5, 0.6) is 0 Å². The minimum atomic E-state index is 0.948. The molecule has 0 saturated carbocycles. The van der Waals surface area contributed by atoms with E-state index in [1.54, 1.807) is 0 Å². The largest absolute Gasteiger partial charge is 0.456 e. The maximum absolute atomic E-state index is 6.32. The van der Waals surface area contributed by atoms with Gasteiger partial charge in [-0.1, -0.05) is 133 Å². The third-order valence-electron chi connectivity index (χ3n) is 10.5. The molecule has 6 aromatic carbocycles. The average molecular weight is 711 g/mol. The number of fused-ring (bicyclic) bond motifs is 3. The van der Waals surface area contributed by atoms with Crippen molar-refractivity contribution in [1.82, 2.24) is 9.97 Å². The highest BCUT2D eigenvalue weighted by atomic mass is 16.3. The van der Waals surface area contributed by atoms with Crippen LogP contribution in [0.3, 0.4) is 0 Å². The predicted molar refractivity (Wildman–Crippen MR) is 228 cm³/mol. The topological polar surface area (TPSA) is 38.9 Å². The van der Waals surface area contributed by atoms with Crippen LogP contribution < -0.4 is 0 Å². The summed E-state index contributed by atoms with van der Waals surface area (Å²) in [6.45, 7) is 0. The van der Waals surface area contributed by atoms with Gasteiger partial charge >= 0.3 is 0 Å². The van der Waals surface area contributed by atoms with Gasteiger partial charge in [-0.15, -0.1) is 0 Å². The molecule has 9 rings (SSSR count). The third-order valence-corrected chi connectivity index (χ3v) is 10.5. The van der Waals surface area contributed by atoms with Crippen LogP contribution in [0.15, 0.2) is 186 Å². The molecule has 3 aromatic heterocycles. The fourth-order valence-corrected chi connectivity index (χ4v) is 7.67. The van der Waals surface area contributed by atoms with Gasteiger partial charge in [-0.2, -0.15) is 0 Å². The van der Waals surface area contributed by atoms with E-state index in [-0.39, 0.29) is 0 Å². The summed E-state index contributed by atoms with van der Waals surface area (Å²) in [6.07, 6.45) is 6.04. The van der Waals surface area contributed by atoms with Crippen molar-refractivity contribution >= 4 is 21.9 Å². The molecule has 266 valence electrons. The van der Waals surface area contributed by atoms with Gasteiger partial charge in [0.05, 0.1) is 22.8 Å². The normalized spacial score (nSPS) is 11.3. The Labute approximate surface area is 323 Å². The first kappa shape index (κ1) is 34.2. The lowest BCUT2D eigenvalue weighted by atomic mass is 9.98. The Morgan fingerprint density at radius 3 is 0.945 bits per heavy atom. The molecule has 0 fully saturated rings. The zero-order valence-corrected chi connectivity index (χ0v) is 30.9. The van der Waals surface area contributed by atoms with Crippen molar-refractivity contribution in [3.05, 3.63) is 204 Å². The van der Waals surface area contributed by atoms with E-state index < -0.39 is 0 Å². The number of rotatable bonds is 12. The third kappa shape index (κ3) is 7.88. The Morgan fingerprint density at radius 2 is 0.618 bits per heavy atom. The number of furan rings is 1. The molecule has 3 nitrogen and oxygen atoms in total. The van der Waals surface area contributed by atoms with Crippen LogP contribution in [0.4, 0.5) is 0 Å². The van der Waals surface area contributed by atoms with Gasteiger partial charge in [0, 0.05) is 33.0 Å². The minimum Gasteiger partial charge on any atom is -0.456 e. The number of aromatic nitrogens is 2. The highest BCUT2D eigenvalue weighted by Crippen LogP contribution is 2.32. The molecule has 3 heteroatoms. The first-order valence-corrected chi connectivity index (χ1v) is 19.4. The van der Waals surface area contributed by atoms with E-state index in [1.807, 2.05) is 0 Å². The summed E-state index contributed by atoms with van der Waals surface area (Å²) in [6, 6.07) is 64.4. The number of aryl methyl sites for hydroxylation is 4. The molecule has 0 spiro atoms. The lowest BCUT2D eigenvalue weighted by Gasteiger charge is -2.10. The molecule has 0 radical (unpaired) electrons. The van der Waals surface area contributed by atoms with Gasteiger partial charge in [0.1, 0.15) is 11.2 Å². The van der Waals surface area contributed by atoms with E-state index >= 15 is 0 Å². The molecule has 0 aliphatic heterocycles. The van der Waals surface area contributed by atoms with E-state index in [1.165, 1.54) is 33.0 Å². The second-order valence-electron chi connectivity index (χ2n) is 14.4. The maximum Gasteiger partial charge on any atom is 0.135 e. The average Bonchev–Trinajstić information content (AvgIpc) is 3.62. The summed E-state index contributed by atoms with van der Waals surface area (Å²) in [5, 5.41) is 2.40. The lowest BCUT2D eigenvalue weighted by molar-refractivity contribution is 0.668. The summed E-state index contributed by atoms with van der Waals surface area (Å²) >= 11 is 0. The fourth-order valence-electron chi connectivity index (χ4n) is 7.67. The molecule has 3 heterocycles. The van der Waals surface area contributed by atoms with E-state index in [4.69, 9.17) is 14.4 Å². The molecule has 0 bridgehead atoms. The number of benzene rings is 6. The SMILES string of the molecule is c1ccc(-c2cc(CCCc3ccc4oc5ccc(CCCc6cc(-c7ccccc7)nc(-c7ccccc7)c6)cc5c4c3)cc(-c3ccccc3)n2)cc1. The van der Waals surface area contributed by atoms with E-state index in [9.17, 15) is 0 Å². The number of hydrogen-bond acceptors (Lipinski definition) is 3. The van der Waals surface area contributed by atoms with Crippen molar-refractivity contribution in [2.75, 3.05) is 0 Å². The van der Waals surface area contributed by atoms with Crippen LogP contribution in [0.25, 0.3) is 67.0 Å². The Balaban J connectivity index is 0.906. The summed E-state index contributed by atoms with van der Waals surface area (Å²) in [7, 11) is 0. The standard InChI is InChI=1S/C52H42N2O/c1-5-19-41(20-6-1)47-33-39(34-48(53-47)42-21-7-2-8-22-42)17-13-15-37-27-29-51-45(31-37)46-32-38(28-30-52(46)55-51)16-14-18-40-35-49(43-23-9-3-10-24-43)54-50(36-40)44-25-11-4-12-26-44/h1-12,19-36H,13-18H2. The molecular weight excluding hydrogens is 669 g/mol. The zero-order chi connectivity index (χ0) is 36.8. The Bertz CT molecular complexity index is 2380. The molecule has 0 aliphatic rings. The highest BCUT2D eigenvalue weighted by Gasteiger charge is 2.12. The zero-order valence-electron chi connectivity index (χ0n) is 30.9. The highest BCUT2D eigenvalue weighted by molar-refractivity contribution is 6.05. The van der Waals surface area contributed by atoms with Gasteiger partial charge in [-0.25, -0.2) is 9.97 Å². The summed E-state index contributed by atoms with van der Waals surface area (Å²) in [4.78, 5) is 10.1. The Kier molecular flexibility index (Phi) is 9.83. The van der Waals surface area contributed by atoms with Crippen LogP contribution in [0.1, 0.15) is 35.1 Å². The molecule has 55 heavy (non-hydrogen) atoms.